The van der Waals surface area contributed by atoms with Crippen LogP contribution >= 0.6 is 0 Å². The van der Waals surface area contributed by atoms with E-state index in [1.165, 1.54) is 12.1 Å². The molecule has 5 heteroatoms. The lowest BCUT2D eigenvalue weighted by atomic mass is 10.1. The fourth-order valence-electron chi connectivity index (χ4n) is 2.37. The normalized spacial score (nSPS) is 18.1. The Kier molecular flexibility index (Phi) is 5.09. The molecule has 2 rings (SSSR count). The SMILES string of the molecule is CC[C@@H](O)CN1CCN(C(=O)c2ccccc2F)CC1. The van der Waals surface area contributed by atoms with Gasteiger partial charge in [-0.15, -0.1) is 0 Å². The zero-order valence-electron chi connectivity index (χ0n) is 11.8. The van der Waals surface area contributed by atoms with Gasteiger partial charge in [0.15, 0.2) is 0 Å². The quantitative estimate of drug-likeness (QED) is 0.905. The van der Waals surface area contributed by atoms with E-state index in [4.69, 9.17) is 0 Å². The topological polar surface area (TPSA) is 43.8 Å². The molecule has 1 aliphatic rings. The van der Waals surface area contributed by atoms with Gasteiger partial charge >= 0.3 is 0 Å². The van der Waals surface area contributed by atoms with Crippen molar-refractivity contribution in [2.24, 2.45) is 0 Å². The van der Waals surface area contributed by atoms with Gasteiger partial charge in [-0.3, -0.25) is 9.69 Å². The van der Waals surface area contributed by atoms with E-state index in [1.54, 1.807) is 17.0 Å². The van der Waals surface area contributed by atoms with Gasteiger partial charge < -0.3 is 10.0 Å². The van der Waals surface area contributed by atoms with Crippen molar-refractivity contribution in [3.63, 3.8) is 0 Å². The van der Waals surface area contributed by atoms with Gasteiger partial charge in [-0.25, -0.2) is 4.39 Å². The Morgan fingerprint density at radius 1 is 1.30 bits per heavy atom. The number of nitrogens with zero attached hydrogens (tertiary/aromatic N) is 2. The van der Waals surface area contributed by atoms with Crippen LogP contribution < -0.4 is 0 Å². The molecule has 1 aromatic carbocycles. The van der Waals surface area contributed by atoms with Crippen LogP contribution in [0.1, 0.15) is 23.7 Å². The fraction of sp³-hybridized carbons (Fsp3) is 0.533. The van der Waals surface area contributed by atoms with Crippen molar-refractivity contribution in [3.8, 4) is 0 Å². The summed E-state index contributed by atoms with van der Waals surface area (Å²) < 4.78 is 13.6. The largest absolute Gasteiger partial charge is 0.392 e. The molecule has 1 fully saturated rings. The first-order valence-corrected chi connectivity index (χ1v) is 7.06. The zero-order valence-corrected chi connectivity index (χ0v) is 11.8. The molecule has 1 aromatic rings. The molecule has 0 aliphatic carbocycles. The average Bonchev–Trinajstić information content (AvgIpc) is 2.47. The molecule has 0 unspecified atom stereocenters. The van der Waals surface area contributed by atoms with E-state index in [9.17, 15) is 14.3 Å². The maximum Gasteiger partial charge on any atom is 0.256 e. The Morgan fingerprint density at radius 2 is 1.95 bits per heavy atom. The van der Waals surface area contributed by atoms with E-state index >= 15 is 0 Å². The standard InChI is InChI=1S/C15H21FN2O2/c1-2-12(19)11-17-7-9-18(10-8-17)15(20)13-5-3-4-6-14(13)16/h3-6,12,19H,2,7-11H2,1H3/t12-/m1/s1. The van der Waals surface area contributed by atoms with Crippen LogP contribution in [0.25, 0.3) is 0 Å². The number of carbonyl (C=O) groups is 1. The number of hydrogen-bond acceptors (Lipinski definition) is 3. The average molecular weight is 280 g/mol. The summed E-state index contributed by atoms with van der Waals surface area (Å²) in [4.78, 5) is 16.0. The predicted octanol–water partition coefficient (Wildman–Crippen LogP) is 1.35. The van der Waals surface area contributed by atoms with Crippen molar-refractivity contribution in [1.29, 1.82) is 0 Å². The van der Waals surface area contributed by atoms with E-state index in [0.29, 0.717) is 19.6 Å². The summed E-state index contributed by atoms with van der Waals surface area (Å²) in [6.45, 7) is 5.17. The first kappa shape index (κ1) is 14.9. The third kappa shape index (κ3) is 3.55. The molecule has 0 radical (unpaired) electrons. The highest BCUT2D eigenvalue weighted by atomic mass is 19.1. The molecule has 4 nitrogen and oxygen atoms in total. The van der Waals surface area contributed by atoms with Crippen molar-refractivity contribution in [2.45, 2.75) is 19.4 Å². The van der Waals surface area contributed by atoms with Gasteiger partial charge in [0.2, 0.25) is 0 Å². The molecule has 0 bridgehead atoms. The minimum Gasteiger partial charge on any atom is -0.392 e. The van der Waals surface area contributed by atoms with Gasteiger partial charge in [-0.2, -0.15) is 0 Å². The maximum atomic E-state index is 13.6. The first-order valence-electron chi connectivity index (χ1n) is 7.06. The van der Waals surface area contributed by atoms with Crippen molar-refractivity contribution in [3.05, 3.63) is 35.6 Å². The molecule has 1 saturated heterocycles. The highest BCUT2D eigenvalue weighted by Gasteiger charge is 2.24. The van der Waals surface area contributed by atoms with Crippen LogP contribution in [-0.2, 0) is 0 Å². The lowest BCUT2D eigenvalue weighted by Crippen LogP contribution is -2.50. The summed E-state index contributed by atoms with van der Waals surface area (Å²) in [6, 6.07) is 6.08. The Morgan fingerprint density at radius 3 is 2.55 bits per heavy atom. The molecule has 1 amide bonds. The molecule has 110 valence electrons. The van der Waals surface area contributed by atoms with Gasteiger partial charge in [0.05, 0.1) is 11.7 Å². The third-order valence-corrected chi connectivity index (χ3v) is 3.70. The minimum atomic E-state index is -0.471. The summed E-state index contributed by atoms with van der Waals surface area (Å²) in [5, 5.41) is 9.63. The number of β-amino-alcohol motifs (C(OH)–C–C–N with tert-alkyl or cyclic N) is 1. The predicted molar refractivity (Wildman–Crippen MR) is 75.0 cm³/mol. The Hall–Kier alpha value is -1.46. The van der Waals surface area contributed by atoms with E-state index in [1.807, 2.05) is 6.92 Å². The van der Waals surface area contributed by atoms with E-state index in [0.717, 1.165) is 19.5 Å². The van der Waals surface area contributed by atoms with Gasteiger partial charge in [-0.1, -0.05) is 19.1 Å². The van der Waals surface area contributed by atoms with E-state index < -0.39 is 5.82 Å². The summed E-state index contributed by atoms with van der Waals surface area (Å²) in [6.07, 6.45) is 0.415. The highest BCUT2D eigenvalue weighted by Crippen LogP contribution is 2.12. The summed E-state index contributed by atoms with van der Waals surface area (Å²) in [7, 11) is 0. The molecule has 0 aromatic heterocycles. The minimum absolute atomic E-state index is 0.134. The lowest BCUT2D eigenvalue weighted by molar-refractivity contribution is 0.0520. The van der Waals surface area contributed by atoms with Gasteiger partial charge in [0.25, 0.3) is 5.91 Å². The van der Waals surface area contributed by atoms with Crippen LogP contribution in [0.15, 0.2) is 24.3 Å². The van der Waals surface area contributed by atoms with Crippen LogP contribution in [0.5, 0.6) is 0 Å². The smallest absolute Gasteiger partial charge is 0.256 e. The lowest BCUT2D eigenvalue weighted by Gasteiger charge is -2.35. The Bertz CT molecular complexity index is 459. The second-order valence-corrected chi connectivity index (χ2v) is 5.13. The Labute approximate surface area is 118 Å². The summed E-state index contributed by atoms with van der Waals surface area (Å²) >= 11 is 0. The van der Waals surface area contributed by atoms with Crippen LogP contribution in [-0.4, -0.2) is 59.6 Å². The van der Waals surface area contributed by atoms with Crippen LogP contribution in [0.2, 0.25) is 0 Å². The monoisotopic (exact) mass is 280 g/mol. The number of rotatable bonds is 4. The van der Waals surface area contributed by atoms with E-state index in [-0.39, 0.29) is 17.6 Å². The molecule has 1 atom stereocenters. The molecular weight excluding hydrogens is 259 g/mol. The third-order valence-electron chi connectivity index (χ3n) is 3.70. The first-order chi connectivity index (χ1) is 9.61. The maximum absolute atomic E-state index is 13.6. The molecule has 0 saturated carbocycles. The van der Waals surface area contributed by atoms with Crippen molar-refractivity contribution >= 4 is 5.91 Å². The van der Waals surface area contributed by atoms with Crippen LogP contribution in [0, 0.1) is 5.82 Å². The number of piperazine rings is 1. The van der Waals surface area contributed by atoms with Crippen molar-refractivity contribution < 1.29 is 14.3 Å². The second kappa shape index (κ2) is 6.81. The highest BCUT2D eigenvalue weighted by molar-refractivity contribution is 5.94. The molecule has 1 aliphatic heterocycles. The summed E-state index contributed by atoms with van der Waals surface area (Å²) in [5.41, 5.74) is 0.134. The number of carbonyl (C=O) groups excluding carboxylic acids is 1. The van der Waals surface area contributed by atoms with Crippen molar-refractivity contribution in [2.75, 3.05) is 32.7 Å². The zero-order chi connectivity index (χ0) is 14.5. The number of hydrogen-bond donors (Lipinski definition) is 1. The van der Waals surface area contributed by atoms with E-state index in [2.05, 4.69) is 4.90 Å². The number of benzene rings is 1. The number of aliphatic hydroxyl groups excluding tert-OH is 1. The molecule has 1 heterocycles. The van der Waals surface area contributed by atoms with Crippen LogP contribution in [0.4, 0.5) is 4.39 Å². The number of aliphatic hydroxyl groups is 1. The fourth-order valence-corrected chi connectivity index (χ4v) is 2.37. The van der Waals surface area contributed by atoms with Gasteiger partial charge in [0.1, 0.15) is 5.82 Å². The second-order valence-electron chi connectivity index (χ2n) is 5.13. The molecule has 0 spiro atoms. The van der Waals surface area contributed by atoms with Crippen molar-refractivity contribution in [1.82, 2.24) is 9.80 Å². The number of amides is 1. The van der Waals surface area contributed by atoms with Crippen LogP contribution in [0.3, 0.4) is 0 Å². The Balaban J connectivity index is 1.91. The van der Waals surface area contributed by atoms with Gasteiger partial charge in [0, 0.05) is 32.7 Å². The molecule has 20 heavy (non-hydrogen) atoms. The number of halogens is 1. The molecule has 1 N–H and O–H groups in total. The van der Waals surface area contributed by atoms with Gasteiger partial charge in [-0.05, 0) is 18.6 Å². The summed E-state index contributed by atoms with van der Waals surface area (Å²) in [5.74, 6) is -0.722. The molecular formula is C15H21FN2O2.